The summed E-state index contributed by atoms with van der Waals surface area (Å²) in [5.74, 6) is 0. The van der Waals surface area contributed by atoms with E-state index in [9.17, 15) is 0 Å². The molecule has 1 atom stereocenters. The van der Waals surface area contributed by atoms with Gasteiger partial charge in [-0.3, -0.25) is 4.90 Å². The molecule has 0 aliphatic carbocycles. The second-order valence-electron chi connectivity index (χ2n) is 6.30. The zero-order valence-electron chi connectivity index (χ0n) is 12.9. The molecule has 112 valence electrons. The van der Waals surface area contributed by atoms with Crippen LogP contribution in [0, 0.1) is 0 Å². The smallest absolute Gasteiger partial charge is 0.0223 e. The zero-order valence-corrected chi connectivity index (χ0v) is 12.9. The number of rotatable bonds is 8. The van der Waals surface area contributed by atoms with Crippen molar-refractivity contribution < 1.29 is 0 Å². The maximum atomic E-state index is 3.49. The minimum Gasteiger partial charge on any atom is -0.317 e. The first-order chi connectivity index (χ1) is 9.40. The summed E-state index contributed by atoms with van der Waals surface area (Å²) in [5.41, 5.74) is 0. The third kappa shape index (κ3) is 5.41. The third-order valence-electron chi connectivity index (χ3n) is 4.64. The van der Waals surface area contributed by atoms with E-state index in [1.807, 2.05) is 0 Å². The van der Waals surface area contributed by atoms with Crippen LogP contribution in [0.2, 0.25) is 0 Å². The van der Waals surface area contributed by atoms with Gasteiger partial charge in [-0.05, 0) is 77.8 Å². The number of nitrogens with one attached hydrogen (secondary N) is 1. The standard InChI is InChI=1S/C16H33N3/c1-2-9-17-10-4-3-5-11-18-12-7-14-19-13-6-8-16(19)15-18/h16-17H,2-15H2,1H3. The fraction of sp³-hybridized carbons (Fsp3) is 1.00. The van der Waals surface area contributed by atoms with Crippen LogP contribution in [0.5, 0.6) is 0 Å². The average molecular weight is 267 g/mol. The van der Waals surface area contributed by atoms with Crippen molar-refractivity contribution in [1.29, 1.82) is 0 Å². The van der Waals surface area contributed by atoms with Gasteiger partial charge in [0.2, 0.25) is 0 Å². The van der Waals surface area contributed by atoms with Crippen molar-refractivity contribution in [2.24, 2.45) is 0 Å². The lowest BCUT2D eigenvalue weighted by Crippen LogP contribution is -2.37. The Hall–Kier alpha value is -0.120. The topological polar surface area (TPSA) is 18.5 Å². The van der Waals surface area contributed by atoms with Crippen LogP contribution in [0.1, 0.15) is 51.9 Å². The lowest BCUT2D eigenvalue weighted by atomic mass is 10.2. The molecular formula is C16H33N3. The van der Waals surface area contributed by atoms with E-state index in [4.69, 9.17) is 0 Å². The normalized spacial score (nSPS) is 25.4. The molecule has 1 unspecified atom stereocenters. The van der Waals surface area contributed by atoms with Crippen LogP contribution in [-0.2, 0) is 0 Å². The first kappa shape index (κ1) is 15.3. The Morgan fingerprint density at radius 3 is 2.79 bits per heavy atom. The Morgan fingerprint density at radius 1 is 1.00 bits per heavy atom. The molecule has 0 bridgehead atoms. The predicted molar refractivity (Wildman–Crippen MR) is 82.7 cm³/mol. The molecule has 0 aromatic carbocycles. The summed E-state index contributed by atoms with van der Waals surface area (Å²) in [6, 6.07) is 0.883. The Labute approximate surface area is 119 Å². The minimum absolute atomic E-state index is 0.883. The second kappa shape index (κ2) is 8.93. The zero-order chi connectivity index (χ0) is 13.3. The predicted octanol–water partition coefficient (Wildman–Crippen LogP) is 2.33. The van der Waals surface area contributed by atoms with Crippen molar-refractivity contribution in [2.75, 3.05) is 45.8 Å². The first-order valence-electron chi connectivity index (χ1n) is 8.57. The van der Waals surface area contributed by atoms with Gasteiger partial charge in [0.1, 0.15) is 0 Å². The van der Waals surface area contributed by atoms with E-state index in [0.29, 0.717) is 0 Å². The number of nitrogens with zero attached hydrogens (tertiary/aromatic N) is 2. The maximum absolute atomic E-state index is 3.49. The van der Waals surface area contributed by atoms with Gasteiger partial charge in [-0.15, -0.1) is 0 Å². The number of hydrogen-bond donors (Lipinski definition) is 1. The third-order valence-corrected chi connectivity index (χ3v) is 4.64. The average Bonchev–Trinajstić information content (AvgIpc) is 2.76. The molecule has 0 aromatic heterocycles. The molecule has 0 aromatic rings. The van der Waals surface area contributed by atoms with Crippen LogP contribution < -0.4 is 5.32 Å². The van der Waals surface area contributed by atoms with Gasteiger partial charge in [0.25, 0.3) is 0 Å². The molecule has 2 saturated heterocycles. The van der Waals surface area contributed by atoms with E-state index in [2.05, 4.69) is 22.0 Å². The van der Waals surface area contributed by atoms with Gasteiger partial charge < -0.3 is 10.2 Å². The summed E-state index contributed by atoms with van der Waals surface area (Å²) < 4.78 is 0. The van der Waals surface area contributed by atoms with Gasteiger partial charge >= 0.3 is 0 Å². The molecule has 0 amide bonds. The van der Waals surface area contributed by atoms with E-state index >= 15 is 0 Å². The summed E-state index contributed by atoms with van der Waals surface area (Å²) >= 11 is 0. The fourth-order valence-corrected chi connectivity index (χ4v) is 3.55. The lowest BCUT2D eigenvalue weighted by molar-refractivity contribution is 0.217. The number of unbranched alkanes of at least 4 members (excludes halogenated alkanes) is 2. The van der Waals surface area contributed by atoms with Crippen LogP contribution in [-0.4, -0.2) is 61.7 Å². The molecule has 2 aliphatic heterocycles. The largest absolute Gasteiger partial charge is 0.317 e. The maximum Gasteiger partial charge on any atom is 0.0223 e. The Morgan fingerprint density at radius 2 is 1.89 bits per heavy atom. The van der Waals surface area contributed by atoms with Crippen LogP contribution in [0.3, 0.4) is 0 Å². The summed E-state index contributed by atoms with van der Waals surface area (Å²) in [4.78, 5) is 5.46. The molecule has 19 heavy (non-hydrogen) atoms. The van der Waals surface area contributed by atoms with Crippen LogP contribution >= 0.6 is 0 Å². The van der Waals surface area contributed by atoms with E-state index < -0.39 is 0 Å². The number of hydrogen-bond acceptors (Lipinski definition) is 3. The van der Waals surface area contributed by atoms with Crippen LogP contribution in [0.4, 0.5) is 0 Å². The highest BCUT2D eigenvalue weighted by molar-refractivity contribution is 4.84. The van der Waals surface area contributed by atoms with Crippen molar-refractivity contribution in [3.8, 4) is 0 Å². The molecule has 3 heteroatoms. The summed E-state index contributed by atoms with van der Waals surface area (Å²) in [5, 5.41) is 3.49. The second-order valence-corrected chi connectivity index (χ2v) is 6.30. The van der Waals surface area contributed by atoms with Crippen molar-refractivity contribution >= 4 is 0 Å². The Kier molecular flexibility index (Phi) is 7.18. The van der Waals surface area contributed by atoms with Crippen LogP contribution in [0.15, 0.2) is 0 Å². The van der Waals surface area contributed by atoms with Gasteiger partial charge in [0, 0.05) is 12.6 Å². The summed E-state index contributed by atoms with van der Waals surface area (Å²) in [6.45, 7) is 11.4. The van der Waals surface area contributed by atoms with E-state index in [-0.39, 0.29) is 0 Å². The molecule has 2 fully saturated rings. The van der Waals surface area contributed by atoms with Gasteiger partial charge in [-0.1, -0.05) is 13.3 Å². The minimum atomic E-state index is 0.883. The van der Waals surface area contributed by atoms with Gasteiger partial charge in [-0.2, -0.15) is 0 Å². The van der Waals surface area contributed by atoms with Gasteiger partial charge in [-0.25, -0.2) is 0 Å². The lowest BCUT2D eigenvalue weighted by Gasteiger charge is -2.25. The fourth-order valence-electron chi connectivity index (χ4n) is 3.55. The number of fused-ring (bicyclic) bond motifs is 1. The Bertz CT molecular complexity index is 232. The molecule has 2 aliphatic rings. The molecule has 2 heterocycles. The van der Waals surface area contributed by atoms with Crippen molar-refractivity contribution in [3.05, 3.63) is 0 Å². The monoisotopic (exact) mass is 267 g/mol. The first-order valence-corrected chi connectivity index (χ1v) is 8.57. The highest BCUT2D eigenvalue weighted by Crippen LogP contribution is 2.21. The SMILES string of the molecule is CCCNCCCCCN1CCCN2CCCC2C1. The molecule has 1 N–H and O–H groups in total. The molecular weight excluding hydrogens is 234 g/mol. The molecule has 3 nitrogen and oxygen atoms in total. The van der Waals surface area contributed by atoms with E-state index in [1.165, 1.54) is 90.8 Å². The van der Waals surface area contributed by atoms with E-state index in [1.54, 1.807) is 0 Å². The quantitative estimate of drug-likeness (QED) is 0.681. The molecule has 0 spiro atoms. The Balaban J connectivity index is 1.53. The molecule has 0 saturated carbocycles. The summed E-state index contributed by atoms with van der Waals surface area (Å²) in [7, 11) is 0. The summed E-state index contributed by atoms with van der Waals surface area (Å²) in [6.07, 6.45) is 9.64. The highest BCUT2D eigenvalue weighted by Gasteiger charge is 2.28. The van der Waals surface area contributed by atoms with E-state index in [0.717, 1.165) is 6.04 Å². The van der Waals surface area contributed by atoms with Crippen molar-refractivity contribution in [2.45, 2.75) is 57.9 Å². The van der Waals surface area contributed by atoms with Gasteiger partial charge in [0.15, 0.2) is 0 Å². The van der Waals surface area contributed by atoms with Crippen molar-refractivity contribution in [1.82, 2.24) is 15.1 Å². The molecule has 0 radical (unpaired) electrons. The molecule has 2 rings (SSSR count). The van der Waals surface area contributed by atoms with Crippen LogP contribution in [0.25, 0.3) is 0 Å². The van der Waals surface area contributed by atoms with Crippen molar-refractivity contribution in [3.63, 3.8) is 0 Å². The highest BCUT2D eigenvalue weighted by atomic mass is 15.3. The van der Waals surface area contributed by atoms with Gasteiger partial charge in [0.05, 0.1) is 0 Å².